The molecular formula is C24H28F3N3O3S. The molecular weight excluding hydrogens is 467 g/mol. The Labute approximate surface area is 202 Å². The van der Waals surface area contributed by atoms with E-state index in [0.29, 0.717) is 37.7 Å². The zero-order valence-electron chi connectivity index (χ0n) is 19.3. The minimum atomic E-state index is -4.51. The first-order chi connectivity index (χ1) is 16.0. The SMILES string of the molecule is Cc1ccc(C(C)C)c(OCC(=O)NC(=S)Nc2cc(C(F)(F)F)ccc2N2CCOCC2)c1. The van der Waals surface area contributed by atoms with Crippen LogP contribution < -0.4 is 20.3 Å². The Balaban J connectivity index is 1.69. The van der Waals surface area contributed by atoms with Gasteiger partial charge in [0, 0.05) is 13.1 Å². The summed E-state index contributed by atoms with van der Waals surface area (Å²) in [6.45, 7) is 7.69. The molecule has 1 saturated heterocycles. The number of morpholine rings is 1. The quantitative estimate of drug-likeness (QED) is 0.558. The number of alkyl halides is 3. The predicted molar refractivity (Wildman–Crippen MR) is 130 cm³/mol. The van der Waals surface area contributed by atoms with Crippen LogP contribution in [0.15, 0.2) is 36.4 Å². The van der Waals surface area contributed by atoms with Crippen LogP contribution in [0, 0.1) is 6.92 Å². The number of hydrogen-bond donors (Lipinski definition) is 2. The molecule has 1 aliphatic heterocycles. The van der Waals surface area contributed by atoms with E-state index < -0.39 is 17.6 Å². The molecule has 0 unspecified atom stereocenters. The lowest BCUT2D eigenvalue weighted by atomic mass is 10.0. The van der Waals surface area contributed by atoms with Gasteiger partial charge in [0.2, 0.25) is 0 Å². The van der Waals surface area contributed by atoms with Crippen molar-refractivity contribution in [1.29, 1.82) is 0 Å². The van der Waals surface area contributed by atoms with E-state index in [1.54, 1.807) is 0 Å². The van der Waals surface area contributed by atoms with E-state index in [9.17, 15) is 18.0 Å². The summed E-state index contributed by atoms with van der Waals surface area (Å²) in [5.74, 6) is 0.297. The maximum Gasteiger partial charge on any atom is 0.416 e. The highest BCUT2D eigenvalue weighted by molar-refractivity contribution is 7.80. The van der Waals surface area contributed by atoms with Crippen molar-refractivity contribution in [3.05, 3.63) is 53.1 Å². The Morgan fingerprint density at radius 3 is 2.53 bits per heavy atom. The van der Waals surface area contributed by atoms with Crippen molar-refractivity contribution >= 4 is 34.6 Å². The number of nitrogens with zero attached hydrogens (tertiary/aromatic N) is 1. The van der Waals surface area contributed by atoms with Gasteiger partial charge in [-0.1, -0.05) is 26.0 Å². The molecule has 0 aliphatic carbocycles. The molecule has 10 heteroatoms. The fraction of sp³-hybridized carbons (Fsp3) is 0.417. The number of halogens is 3. The first-order valence-corrected chi connectivity index (χ1v) is 11.3. The summed E-state index contributed by atoms with van der Waals surface area (Å²) in [5, 5.41) is 5.12. The van der Waals surface area contributed by atoms with E-state index in [0.717, 1.165) is 23.3 Å². The molecule has 1 fully saturated rings. The Hall–Kier alpha value is -2.85. The summed E-state index contributed by atoms with van der Waals surface area (Å²) >= 11 is 5.21. The third-order valence-corrected chi connectivity index (χ3v) is 5.53. The second kappa shape index (κ2) is 11.1. The van der Waals surface area contributed by atoms with Crippen LogP contribution in [0.1, 0.15) is 36.5 Å². The molecule has 2 aromatic rings. The summed E-state index contributed by atoms with van der Waals surface area (Å²) in [4.78, 5) is 14.3. The van der Waals surface area contributed by atoms with Crippen molar-refractivity contribution in [2.24, 2.45) is 0 Å². The molecule has 34 heavy (non-hydrogen) atoms. The highest BCUT2D eigenvalue weighted by atomic mass is 32.1. The van der Waals surface area contributed by atoms with Crippen molar-refractivity contribution in [2.75, 3.05) is 43.1 Å². The predicted octanol–water partition coefficient (Wildman–Crippen LogP) is 4.87. The van der Waals surface area contributed by atoms with Gasteiger partial charge in [-0.3, -0.25) is 10.1 Å². The summed E-state index contributed by atoms with van der Waals surface area (Å²) in [6.07, 6.45) is -4.51. The number of aryl methyl sites for hydroxylation is 1. The summed E-state index contributed by atoms with van der Waals surface area (Å²) in [6, 6.07) is 9.20. The average molecular weight is 496 g/mol. The van der Waals surface area contributed by atoms with Gasteiger partial charge in [0.25, 0.3) is 5.91 Å². The van der Waals surface area contributed by atoms with E-state index in [-0.39, 0.29) is 23.3 Å². The molecule has 184 valence electrons. The number of thiocarbonyl (C=S) groups is 1. The van der Waals surface area contributed by atoms with Crippen molar-refractivity contribution in [3.8, 4) is 5.75 Å². The lowest BCUT2D eigenvalue weighted by Gasteiger charge is -2.31. The van der Waals surface area contributed by atoms with E-state index in [1.807, 2.05) is 43.9 Å². The average Bonchev–Trinajstić information content (AvgIpc) is 2.77. The van der Waals surface area contributed by atoms with Gasteiger partial charge in [-0.05, 0) is 60.5 Å². The van der Waals surface area contributed by atoms with Crippen LogP contribution in [0.2, 0.25) is 0 Å². The zero-order valence-corrected chi connectivity index (χ0v) is 20.1. The molecule has 1 heterocycles. The molecule has 3 rings (SSSR count). The van der Waals surface area contributed by atoms with Gasteiger partial charge in [-0.15, -0.1) is 0 Å². The number of carbonyl (C=O) groups is 1. The highest BCUT2D eigenvalue weighted by Crippen LogP contribution is 2.35. The number of hydrogen-bond acceptors (Lipinski definition) is 5. The number of anilines is 2. The summed E-state index contributed by atoms with van der Waals surface area (Å²) in [7, 11) is 0. The van der Waals surface area contributed by atoms with Crippen molar-refractivity contribution < 1.29 is 27.4 Å². The topological polar surface area (TPSA) is 62.8 Å². The maximum absolute atomic E-state index is 13.3. The van der Waals surface area contributed by atoms with Gasteiger partial charge in [0.1, 0.15) is 5.75 Å². The van der Waals surface area contributed by atoms with Crippen molar-refractivity contribution in [2.45, 2.75) is 32.9 Å². The zero-order chi connectivity index (χ0) is 24.9. The number of amides is 1. The minimum Gasteiger partial charge on any atom is -0.483 e. The normalized spacial score (nSPS) is 14.1. The monoisotopic (exact) mass is 495 g/mol. The molecule has 0 spiro atoms. The molecule has 0 radical (unpaired) electrons. The van der Waals surface area contributed by atoms with E-state index >= 15 is 0 Å². The van der Waals surface area contributed by atoms with Crippen LogP contribution in [0.5, 0.6) is 5.75 Å². The van der Waals surface area contributed by atoms with E-state index in [1.165, 1.54) is 6.07 Å². The maximum atomic E-state index is 13.3. The molecule has 0 saturated carbocycles. The smallest absolute Gasteiger partial charge is 0.416 e. The van der Waals surface area contributed by atoms with Crippen LogP contribution >= 0.6 is 12.2 Å². The molecule has 6 nitrogen and oxygen atoms in total. The van der Waals surface area contributed by atoms with Crippen LogP contribution in [0.3, 0.4) is 0 Å². The molecule has 0 atom stereocenters. The number of ether oxygens (including phenoxy) is 2. The lowest BCUT2D eigenvalue weighted by molar-refractivity contribution is -0.137. The molecule has 0 aromatic heterocycles. The van der Waals surface area contributed by atoms with Gasteiger partial charge in [-0.25, -0.2) is 0 Å². The van der Waals surface area contributed by atoms with Gasteiger partial charge >= 0.3 is 6.18 Å². The molecule has 0 bridgehead atoms. The molecule has 1 aliphatic rings. The Morgan fingerprint density at radius 2 is 1.88 bits per heavy atom. The van der Waals surface area contributed by atoms with Crippen LogP contribution in [0.25, 0.3) is 0 Å². The number of nitrogens with one attached hydrogen (secondary N) is 2. The van der Waals surface area contributed by atoms with Gasteiger partial charge < -0.3 is 19.7 Å². The number of rotatable bonds is 6. The van der Waals surface area contributed by atoms with Gasteiger partial charge in [0.15, 0.2) is 11.7 Å². The molecule has 1 amide bonds. The second-order valence-corrected chi connectivity index (χ2v) is 8.72. The third kappa shape index (κ3) is 6.83. The second-order valence-electron chi connectivity index (χ2n) is 8.32. The largest absolute Gasteiger partial charge is 0.483 e. The van der Waals surface area contributed by atoms with Crippen LogP contribution in [-0.4, -0.2) is 43.9 Å². The fourth-order valence-corrected chi connectivity index (χ4v) is 3.82. The van der Waals surface area contributed by atoms with Gasteiger partial charge in [-0.2, -0.15) is 13.2 Å². The van der Waals surface area contributed by atoms with E-state index in [2.05, 4.69) is 10.6 Å². The molecule has 2 aromatic carbocycles. The number of benzene rings is 2. The first kappa shape index (κ1) is 25.8. The van der Waals surface area contributed by atoms with Crippen LogP contribution in [0.4, 0.5) is 24.5 Å². The lowest BCUT2D eigenvalue weighted by Crippen LogP contribution is -2.39. The standard InChI is InChI=1S/C24H28F3N3O3S/c1-15(2)18-6-4-16(3)12-21(18)33-14-22(31)29-23(34)28-19-13-17(24(25,26)27)5-7-20(19)30-8-10-32-11-9-30/h4-7,12-13,15H,8-11,14H2,1-3H3,(H2,28,29,31,34). The minimum absolute atomic E-state index is 0.115. The number of carbonyl (C=O) groups excluding carboxylic acids is 1. The van der Waals surface area contributed by atoms with Gasteiger partial charge in [0.05, 0.1) is 30.2 Å². The Bertz CT molecular complexity index is 1040. The summed E-state index contributed by atoms with van der Waals surface area (Å²) < 4.78 is 50.9. The Kier molecular flexibility index (Phi) is 8.37. The molecule has 2 N–H and O–H groups in total. The fourth-order valence-electron chi connectivity index (χ4n) is 3.60. The highest BCUT2D eigenvalue weighted by Gasteiger charge is 2.31. The van der Waals surface area contributed by atoms with E-state index in [4.69, 9.17) is 21.7 Å². The Morgan fingerprint density at radius 1 is 1.18 bits per heavy atom. The first-order valence-electron chi connectivity index (χ1n) is 10.9. The van der Waals surface area contributed by atoms with Crippen molar-refractivity contribution in [3.63, 3.8) is 0 Å². The summed E-state index contributed by atoms with van der Waals surface area (Å²) in [5.41, 5.74) is 1.86. The van der Waals surface area contributed by atoms with Crippen molar-refractivity contribution in [1.82, 2.24) is 5.32 Å². The van der Waals surface area contributed by atoms with Crippen LogP contribution in [-0.2, 0) is 15.7 Å². The third-order valence-electron chi connectivity index (χ3n) is 5.33.